The van der Waals surface area contributed by atoms with Crippen LogP contribution in [-0.4, -0.2) is 35.0 Å². The highest BCUT2D eigenvalue weighted by atomic mass is 32.2. The molecular formula is C8H16N3O2S. The molecule has 6 heteroatoms. The Balaban J connectivity index is 3.30. The molecule has 0 aromatic carbocycles. The van der Waals surface area contributed by atoms with Gasteiger partial charge < -0.3 is 16.6 Å². The van der Waals surface area contributed by atoms with Crippen molar-refractivity contribution in [2.45, 2.75) is 13.3 Å². The summed E-state index contributed by atoms with van der Waals surface area (Å²) in [6.45, 7) is 2.40. The Morgan fingerprint density at radius 1 is 1.43 bits per heavy atom. The molecule has 0 spiro atoms. The van der Waals surface area contributed by atoms with Crippen molar-refractivity contribution in [3.63, 3.8) is 0 Å². The van der Waals surface area contributed by atoms with E-state index in [1.807, 2.05) is 0 Å². The van der Waals surface area contributed by atoms with Crippen LogP contribution in [0.15, 0.2) is 4.99 Å². The van der Waals surface area contributed by atoms with Gasteiger partial charge in [0, 0.05) is 12.3 Å². The number of aliphatic carboxylic acids is 1. The summed E-state index contributed by atoms with van der Waals surface area (Å²) in [5.41, 5.74) is 10.6. The van der Waals surface area contributed by atoms with Gasteiger partial charge in [-0.1, -0.05) is 0 Å². The maximum Gasteiger partial charge on any atom is 0.326 e. The van der Waals surface area contributed by atoms with Crippen molar-refractivity contribution in [1.82, 2.24) is 0 Å². The Bertz CT molecular complexity index is 205. The number of nitrogens with two attached hydrogens (primary N) is 2. The molecule has 0 aromatic heterocycles. The Morgan fingerprint density at radius 2 is 2.07 bits per heavy atom. The lowest BCUT2D eigenvalue weighted by molar-refractivity contribution is -0.135. The summed E-state index contributed by atoms with van der Waals surface area (Å²) in [7, 11) is 0. The van der Waals surface area contributed by atoms with Crippen LogP contribution >= 0.6 is 11.8 Å². The lowest BCUT2D eigenvalue weighted by atomic mass is 10.2. The van der Waals surface area contributed by atoms with Gasteiger partial charge in [0.2, 0.25) is 0 Å². The van der Waals surface area contributed by atoms with Gasteiger partial charge in [-0.3, -0.25) is 9.79 Å². The van der Waals surface area contributed by atoms with Crippen molar-refractivity contribution in [2.24, 2.45) is 16.5 Å². The van der Waals surface area contributed by atoms with Crippen LogP contribution in [0.3, 0.4) is 0 Å². The molecule has 1 radical (unpaired) electrons. The van der Waals surface area contributed by atoms with Crippen molar-refractivity contribution >= 4 is 23.6 Å². The number of carboxylic acid groups (broad SMARTS) is 1. The minimum absolute atomic E-state index is 0.0102. The van der Waals surface area contributed by atoms with Gasteiger partial charge in [0.25, 0.3) is 0 Å². The molecule has 0 atom stereocenters. The zero-order valence-corrected chi connectivity index (χ0v) is 9.01. The predicted octanol–water partition coefficient (Wildman–Crippen LogP) is 0.0621. The molecule has 0 amide bonds. The predicted molar refractivity (Wildman–Crippen MR) is 59.2 cm³/mol. The second-order valence-electron chi connectivity index (χ2n) is 2.72. The maximum absolute atomic E-state index is 10.3. The Hall–Kier alpha value is -0.750. The summed E-state index contributed by atoms with van der Waals surface area (Å²) in [5.74, 6) is 1.09. The van der Waals surface area contributed by atoms with E-state index in [1.165, 1.54) is 0 Å². The van der Waals surface area contributed by atoms with Crippen LogP contribution in [-0.2, 0) is 4.79 Å². The standard InChI is InChI=1S/C8H16N3O2S/c1-6(9)11-3-5-14-4-2-7(10)8(12)13/h2-5,10H2,1H3,(H2,9,11)(H,12,13). The molecule has 0 aliphatic rings. The maximum atomic E-state index is 10.3. The van der Waals surface area contributed by atoms with Crippen LogP contribution in [0.25, 0.3) is 0 Å². The van der Waals surface area contributed by atoms with Gasteiger partial charge >= 0.3 is 5.97 Å². The highest BCUT2D eigenvalue weighted by Gasteiger charge is 2.11. The third-order valence-corrected chi connectivity index (χ3v) is 2.35. The number of carbonyl (C=O) groups is 1. The third-order valence-electron chi connectivity index (χ3n) is 1.39. The molecule has 0 bridgehead atoms. The first-order valence-electron chi connectivity index (χ1n) is 4.23. The SMILES string of the molecule is CC(N)=NCCSCC[C](N)C(=O)O. The number of nitrogens with zero attached hydrogens (tertiary/aromatic N) is 1. The topological polar surface area (TPSA) is 102 Å². The first-order valence-corrected chi connectivity index (χ1v) is 5.38. The molecule has 0 saturated carbocycles. The van der Waals surface area contributed by atoms with Gasteiger partial charge in [-0.25, -0.2) is 0 Å². The zero-order valence-electron chi connectivity index (χ0n) is 8.19. The Labute approximate surface area is 87.9 Å². The van der Waals surface area contributed by atoms with E-state index in [-0.39, 0.29) is 6.04 Å². The fraction of sp³-hybridized carbons (Fsp3) is 0.625. The molecule has 0 aliphatic carbocycles. The fourth-order valence-electron chi connectivity index (χ4n) is 0.678. The molecular weight excluding hydrogens is 202 g/mol. The van der Waals surface area contributed by atoms with Crippen molar-refractivity contribution in [1.29, 1.82) is 0 Å². The fourth-order valence-corrected chi connectivity index (χ4v) is 1.47. The average Bonchev–Trinajstić information content (AvgIpc) is 2.09. The van der Waals surface area contributed by atoms with Gasteiger partial charge in [0.05, 0.1) is 5.84 Å². The second-order valence-corrected chi connectivity index (χ2v) is 3.94. The highest BCUT2D eigenvalue weighted by Crippen LogP contribution is 2.07. The summed E-state index contributed by atoms with van der Waals surface area (Å²) in [4.78, 5) is 14.3. The molecule has 0 fully saturated rings. The highest BCUT2D eigenvalue weighted by molar-refractivity contribution is 7.99. The quantitative estimate of drug-likeness (QED) is 0.319. The lowest BCUT2D eigenvalue weighted by Crippen LogP contribution is -2.21. The van der Waals surface area contributed by atoms with Crippen LogP contribution in [0.4, 0.5) is 0 Å². The molecule has 0 aliphatic heterocycles. The van der Waals surface area contributed by atoms with Crippen LogP contribution < -0.4 is 11.5 Å². The summed E-state index contributed by atoms with van der Waals surface area (Å²) in [6.07, 6.45) is 0.408. The van der Waals surface area contributed by atoms with Gasteiger partial charge in [-0.2, -0.15) is 11.8 Å². The number of hydrogen-bond acceptors (Lipinski definition) is 4. The third kappa shape index (κ3) is 7.88. The molecule has 0 heterocycles. The molecule has 0 saturated heterocycles. The van der Waals surface area contributed by atoms with Gasteiger partial charge in [0.1, 0.15) is 6.04 Å². The van der Waals surface area contributed by atoms with Crippen LogP contribution in [0.5, 0.6) is 0 Å². The molecule has 5 N–H and O–H groups in total. The largest absolute Gasteiger partial charge is 0.480 e. The van der Waals surface area contributed by atoms with Crippen molar-refractivity contribution in [2.75, 3.05) is 18.1 Å². The number of thioether (sulfide) groups is 1. The van der Waals surface area contributed by atoms with Crippen molar-refractivity contribution < 1.29 is 9.90 Å². The summed E-state index contributed by atoms with van der Waals surface area (Å²) < 4.78 is 0. The molecule has 14 heavy (non-hydrogen) atoms. The smallest absolute Gasteiger partial charge is 0.326 e. The van der Waals surface area contributed by atoms with E-state index in [0.29, 0.717) is 24.6 Å². The second kappa shape index (κ2) is 7.64. The number of rotatable bonds is 7. The van der Waals surface area contributed by atoms with E-state index in [2.05, 4.69) is 4.99 Å². The molecule has 0 unspecified atom stereocenters. The summed E-state index contributed by atoms with van der Waals surface area (Å²) in [6, 6.07) is 0.0102. The van der Waals surface area contributed by atoms with Gasteiger partial charge in [-0.05, 0) is 19.1 Å². The molecule has 81 valence electrons. The summed E-state index contributed by atoms with van der Waals surface area (Å²) >= 11 is 1.61. The van der Waals surface area contributed by atoms with E-state index in [4.69, 9.17) is 16.6 Å². The van der Waals surface area contributed by atoms with Crippen molar-refractivity contribution in [3.05, 3.63) is 6.04 Å². The van der Waals surface area contributed by atoms with Gasteiger partial charge in [0.15, 0.2) is 0 Å². The molecule has 0 rings (SSSR count). The Kier molecular flexibility index (Phi) is 7.23. The van der Waals surface area contributed by atoms with E-state index in [9.17, 15) is 4.79 Å². The first-order chi connectivity index (χ1) is 6.54. The number of carboxylic acids is 1. The van der Waals surface area contributed by atoms with E-state index >= 15 is 0 Å². The summed E-state index contributed by atoms with van der Waals surface area (Å²) in [5, 5.41) is 8.45. The molecule has 0 aromatic rings. The average molecular weight is 218 g/mol. The van der Waals surface area contributed by atoms with Gasteiger partial charge in [-0.15, -0.1) is 0 Å². The number of aliphatic imine (C=N–C) groups is 1. The van der Waals surface area contributed by atoms with Crippen molar-refractivity contribution in [3.8, 4) is 0 Å². The lowest BCUT2D eigenvalue weighted by Gasteiger charge is -2.03. The Morgan fingerprint density at radius 3 is 2.57 bits per heavy atom. The number of amidine groups is 1. The van der Waals surface area contributed by atoms with E-state index < -0.39 is 5.97 Å². The van der Waals surface area contributed by atoms with Crippen LogP contribution in [0, 0.1) is 6.04 Å². The van der Waals surface area contributed by atoms with E-state index in [1.54, 1.807) is 18.7 Å². The normalized spacial score (nSPS) is 12.1. The monoisotopic (exact) mass is 218 g/mol. The zero-order chi connectivity index (χ0) is 11.0. The van der Waals surface area contributed by atoms with Crippen LogP contribution in [0.2, 0.25) is 0 Å². The van der Waals surface area contributed by atoms with E-state index in [0.717, 1.165) is 5.75 Å². The molecule has 5 nitrogen and oxygen atoms in total. The first kappa shape index (κ1) is 13.2. The minimum atomic E-state index is -1.03. The van der Waals surface area contributed by atoms with Crippen LogP contribution in [0.1, 0.15) is 13.3 Å². The minimum Gasteiger partial charge on any atom is -0.480 e. The number of hydrogen-bond donors (Lipinski definition) is 3.